The summed E-state index contributed by atoms with van der Waals surface area (Å²) in [6, 6.07) is 5.45. The molecule has 0 bridgehead atoms. The molecule has 124 valence electrons. The summed E-state index contributed by atoms with van der Waals surface area (Å²) in [6.45, 7) is 2.97. The second kappa shape index (κ2) is 6.78. The van der Waals surface area contributed by atoms with E-state index in [0.29, 0.717) is 17.3 Å². The summed E-state index contributed by atoms with van der Waals surface area (Å²) in [6.07, 6.45) is 2.45. The molecule has 0 amide bonds. The van der Waals surface area contributed by atoms with Crippen molar-refractivity contribution in [2.24, 2.45) is 0 Å². The van der Waals surface area contributed by atoms with Crippen LogP contribution in [0, 0.1) is 6.92 Å². The third-order valence-electron chi connectivity index (χ3n) is 4.46. The monoisotopic (exact) mass is 317 g/mol. The lowest BCUT2D eigenvalue weighted by Crippen LogP contribution is -2.47. The molecule has 23 heavy (non-hydrogen) atoms. The highest BCUT2D eigenvalue weighted by Crippen LogP contribution is 2.14. The van der Waals surface area contributed by atoms with E-state index in [1.807, 2.05) is 25.1 Å². The average Bonchev–Trinajstić information content (AvgIpc) is 2.53. The van der Waals surface area contributed by atoms with Crippen LogP contribution in [0.25, 0.3) is 10.9 Å². The molecular formula is C17H23N3O3. The molecule has 3 atom stereocenters. The lowest BCUT2D eigenvalue weighted by Gasteiger charge is -2.30. The Kier molecular flexibility index (Phi) is 4.75. The van der Waals surface area contributed by atoms with E-state index in [2.05, 4.69) is 10.3 Å². The first-order chi connectivity index (χ1) is 11.0. The van der Waals surface area contributed by atoms with E-state index >= 15 is 0 Å². The SMILES string of the molecule is Cc1ccc2ncn(C[C@@H](O)C[C@H]3NCCC[C@@H]3O)c(=O)c2c1. The van der Waals surface area contributed by atoms with Crippen molar-refractivity contribution >= 4 is 10.9 Å². The number of hydrogen-bond donors (Lipinski definition) is 3. The fourth-order valence-electron chi connectivity index (χ4n) is 3.17. The Morgan fingerprint density at radius 2 is 2.30 bits per heavy atom. The molecule has 1 aromatic heterocycles. The van der Waals surface area contributed by atoms with Crippen LogP contribution in [0.4, 0.5) is 0 Å². The van der Waals surface area contributed by atoms with E-state index in [-0.39, 0.29) is 18.1 Å². The lowest BCUT2D eigenvalue weighted by atomic mass is 9.96. The highest BCUT2D eigenvalue weighted by atomic mass is 16.3. The van der Waals surface area contributed by atoms with Crippen LogP contribution in [0.1, 0.15) is 24.8 Å². The third kappa shape index (κ3) is 3.60. The predicted molar refractivity (Wildman–Crippen MR) is 88.4 cm³/mol. The minimum atomic E-state index is -0.706. The second-order valence-corrected chi connectivity index (χ2v) is 6.38. The van der Waals surface area contributed by atoms with Crippen LogP contribution in [0.5, 0.6) is 0 Å². The first-order valence-corrected chi connectivity index (χ1v) is 8.10. The molecule has 0 saturated carbocycles. The number of aryl methyl sites for hydroxylation is 1. The predicted octanol–water partition coefficient (Wildman–Crippen LogP) is 0.569. The van der Waals surface area contributed by atoms with Crippen LogP contribution >= 0.6 is 0 Å². The summed E-state index contributed by atoms with van der Waals surface area (Å²) in [5.41, 5.74) is 1.52. The number of nitrogens with one attached hydrogen (secondary N) is 1. The minimum absolute atomic E-state index is 0.120. The molecular weight excluding hydrogens is 294 g/mol. The molecule has 0 aliphatic carbocycles. The average molecular weight is 317 g/mol. The topological polar surface area (TPSA) is 87.4 Å². The summed E-state index contributed by atoms with van der Waals surface area (Å²) in [7, 11) is 0. The summed E-state index contributed by atoms with van der Waals surface area (Å²) in [4.78, 5) is 16.8. The highest BCUT2D eigenvalue weighted by molar-refractivity contribution is 5.77. The van der Waals surface area contributed by atoms with E-state index in [0.717, 1.165) is 24.9 Å². The fourth-order valence-corrected chi connectivity index (χ4v) is 3.17. The number of aliphatic hydroxyl groups excluding tert-OH is 2. The Hall–Kier alpha value is -1.76. The first kappa shape index (κ1) is 16.1. The van der Waals surface area contributed by atoms with Crippen molar-refractivity contribution in [1.82, 2.24) is 14.9 Å². The maximum absolute atomic E-state index is 12.5. The van der Waals surface area contributed by atoms with Crippen molar-refractivity contribution < 1.29 is 10.2 Å². The first-order valence-electron chi connectivity index (χ1n) is 8.10. The molecule has 1 saturated heterocycles. The number of rotatable bonds is 4. The van der Waals surface area contributed by atoms with Crippen molar-refractivity contribution in [2.45, 2.75) is 51.0 Å². The van der Waals surface area contributed by atoms with Crippen LogP contribution in [-0.4, -0.2) is 44.6 Å². The van der Waals surface area contributed by atoms with Crippen molar-refractivity contribution in [3.05, 3.63) is 40.4 Å². The third-order valence-corrected chi connectivity index (χ3v) is 4.46. The van der Waals surface area contributed by atoms with Crippen molar-refractivity contribution in [3.63, 3.8) is 0 Å². The van der Waals surface area contributed by atoms with Gasteiger partial charge in [0.25, 0.3) is 5.56 Å². The zero-order valence-electron chi connectivity index (χ0n) is 13.3. The maximum Gasteiger partial charge on any atom is 0.261 e. The molecule has 2 heterocycles. The smallest absolute Gasteiger partial charge is 0.261 e. The van der Waals surface area contributed by atoms with Gasteiger partial charge in [0.1, 0.15) is 0 Å². The van der Waals surface area contributed by atoms with Gasteiger partial charge in [0.05, 0.1) is 36.0 Å². The van der Waals surface area contributed by atoms with Gasteiger partial charge >= 0.3 is 0 Å². The van der Waals surface area contributed by atoms with Gasteiger partial charge in [0.15, 0.2) is 0 Å². The van der Waals surface area contributed by atoms with Gasteiger partial charge in [-0.25, -0.2) is 4.98 Å². The Balaban J connectivity index is 1.75. The summed E-state index contributed by atoms with van der Waals surface area (Å²) >= 11 is 0. The molecule has 1 aliphatic rings. The number of benzene rings is 1. The number of fused-ring (bicyclic) bond motifs is 1. The van der Waals surface area contributed by atoms with E-state index in [9.17, 15) is 15.0 Å². The van der Waals surface area contributed by atoms with Crippen molar-refractivity contribution in [2.75, 3.05) is 6.54 Å². The van der Waals surface area contributed by atoms with Crippen LogP contribution < -0.4 is 10.9 Å². The summed E-state index contributed by atoms with van der Waals surface area (Å²) in [5.74, 6) is 0. The molecule has 0 unspecified atom stereocenters. The quantitative estimate of drug-likeness (QED) is 0.767. The van der Waals surface area contributed by atoms with E-state index in [1.54, 1.807) is 0 Å². The molecule has 1 aliphatic heterocycles. The lowest BCUT2D eigenvalue weighted by molar-refractivity contribution is 0.0539. The molecule has 1 aromatic carbocycles. The largest absolute Gasteiger partial charge is 0.392 e. The molecule has 6 heteroatoms. The van der Waals surface area contributed by atoms with Crippen LogP contribution in [-0.2, 0) is 6.54 Å². The zero-order valence-corrected chi connectivity index (χ0v) is 13.3. The van der Waals surface area contributed by atoms with Crippen molar-refractivity contribution in [3.8, 4) is 0 Å². The van der Waals surface area contributed by atoms with Gasteiger partial charge in [-0.3, -0.25) is 9.36 Å². The molecule has 3 N–H and O–H groups in total. The number of nitrogens with zero attached hydrogens (tertiary/aromatic N) is 2. The van der Waals surface area contributed by atoms with Crippen LogP contribution in [0.15, 0.2) is 29.3 Å². The highest BCUT2D eigenvalue weighted by Gasteiger charge is 2.25. The zero-order chi connectivity index (χ0) is 16.4. The van der Waals surface area contributed by atoms with Gasteiger partial charge in [-0.1, -0.05) is 11.6 Å². The standard InChI is InChI=1S/C17H23N3O3/c1-11-4-5-14-13(7-11)17(23)20(10-19-14)9-12(21)8-15-16(22)3-2-6-18-15/h4-5,7,10,12,15-16,18,21-22H,2-3,6,8-9H2,1H3/t12-,15+,16-/m0/s1. The Morgan fingerprint density at radius 1 is 1.48 bits per heavy atom. The van der Waals surface area contributed by atoms with Gasteiger partial charge in [0, 0.05) is 6.04 Å². The van der Waals surface area contributed by atoms with E-state index < -0.39 is 12.2 Å². The normalized spacial score (nSPS) is 23.1. The minimum Gasteiger partial charge on any atom is -0.392 e. The van der Waals surface area contributed by atoms with E-state index in [1.165, 1.54) is 10.9 Å². The fraction of sp³-hybridized carbons (Fsp3) is 0.529. The Labute approximate surface area is 134 Å². The molecule has 6 nitrogen and oxygen atoms in total. The number of aliphatic hydroxyl groups is 2. The summed E-state index contributed by atoms with van der Waals surface area (Å²) in [5, 5.41) is 24.0. The molecule has 0 spiro atoms. The van der Waals surface area contributed by atoms with Crippen LogP contribution in [0.3, 0.4) is 0 Å². The van der Waals surface area contributed by atoms with Gasteiger partial charge in [-0.15, -0.1) is 0 Å². The Morgan fingerprint density at radius 3 is 3.09 bits per heavy atom. The van der Waals surface area contributed by atoms with E-state index in [4.69, 9.17) is 0 Å². The number of hydrogen-bond acceptors (Lipinski definition) is 5. The Bertz CT molecular complexity index is 743. The molecule has 2 aromatic rings. The van der Waals surface area contributed by atoms with Crippen LogP contribution in [0.2, 0.25) is 0 Å². The number of aromatic nitrogens is 2. The molecule has 3 rings (SSSR count). The number of piperidine rings is 1. The summed E-state index contributed by atoms with van der Waals surface area (Å²) < 4.78 is 1.45. The van der Waals surface area contributed by atoms with Gasteiger partial charge < -0.3 is 15.5 Å². The molecule has 0 radical (unpaired) electrons. The van der Waals surface area contributed by atoms with Gasteiger partial charge in [-0.05, 0) is 44.9 Å². The van der Waals surface area contributed by atoms with Gasteiger partial charge in [0.2, 0.25) is 0 Å². The second-order valence-electron chi connectivity index (χ2n) is 6.38. The van der Waals surface area contributed by atoms with Gasteiger partial charge in [-0.2, -0.15) is 0 Å². The van der Waals surface area contributed by atoms with Crippen molar-refractivity contribution in [1.29, 1.82) is 0 Å². The maximum atomic E-state index is 12.5. The molecule has 1 fully saturated rings.